The molecule has 6 nitrogen and oxygen atoms in total. The third kappa shape index (κ3) is 4.73. The van der Waals surface area contributed by atoms with Gasteiger partial charge in [0.15, 0.2) is 6.20 Å². The fraction of sp³-hybridized carbons (Fsp3) is 0.150. The number of nitrogens with zero attached hydrogens (tertiary/aromatic N) is 2. The first-order valence-electron chi connectivity index (χ1n) is 8.13. The van der Waals surface area contributed by atoms with E-state index in [9.17, 15) is 9.59 Å². The van der Waals surface area contributed by atoms with Gasteiger partial charge in [-0.3, -0.25) is 4.79 Å². The van der Waals surface area contributed by atoms with Crippen LogP contribution in [-0.2, 0) is 7.05 Å². The van der Waals surface area contributed by atoms with E-state index < -0.39 is 6.09 Å². The van der Waals surface area contributed by atoms with Crippen LogP contribution in [0.15, 0.2) is 60.8 Å². The molecule has 3 rings (SSSR count). The molecule has 140 valence electrons. The van der Waals surface area contributed by atoms with Crippen LogP contribution in [0.5, 0.6) is 5.75 Å². The standard InChI is InChI=1S/C20H19N3O3.HI/c1-22(2)20(25)26-18-11-7-10-17-16(18)12-14(13-23(17)3)19(24)21-15-8-5-4-6-9-15;/h4-13H,1-3H3;1H. The minimum absolute atomic E-state index is 0. The van der Waals surface area contributed by atoms with E-state index in [0.717, 1.165) is 5.52 Å². The van der Waals surface area contributed by atoms with Crippen molar-refractivity contribution in [3.63, 3.8) is 0 Å². The van der Waals surface area contributed by atoms with Gasteiger partial charge in [0.05, 0.1) is 5.39 Å². The second-order valence-corrected chi connectivity index (χ2v) is 6.11. The minimum atomic E-state index is -0.473. The number of pyridine rings is 1. The van der Waals surface area contributed by atoms with Crippen molar-refractivity contribution in [3.8, 4) is 5.75 Å². The number of halogens is 1. The Kier molecular flexibility index (Phi) is 6.73. The number of hydrogen-bond acceptors (Lipinski definition) is 3. The molecule has 0 saturated carbocycles. The van der Waals surface area contributed by atoms with Crippen molar-refractivity contribution >= 4 is 28.6 Å². The molecule has 0 aliphatic rings. The average molecular weight is 477 g/mol. The molecule has 0 bridgehead atoms. The summed E-state index contributed by atoms with van der Waals surface area (Å²) in [5.74, 6) is 0.175. The topological polar surface area (TPSA) is 62.5 Å². The number of hydrogen-bond donors (Lipinski definition) is 1. The molecular formula is C20H20IN3O3. The van der Waals surface area contributed by atoms with Gasteiger partial charge in [0.25, 0.3) is 5.91 Å². The second kappa shape index (κ2) is 8.81. The summed E-state index contributed by atoms with van der Waals surface area (Å²) in [6.07, 6.45) is 1.28. The van der Waals surface area contributed by atoms with Crippen LogP contribution >= 0.6 is 0 Å². The van der Waals surface area contributed by atoms with Crippen LogP contribution in [0.2, 0.25) is 0 Å². The third-order valence-electron chi connectivity index (χ3n) is 3.91. The van der Waals surface area contributed by atoms with Gasteiger partial charge in [0.1, 0.15) is 18.4 Å². The number of para-hydroxylation sites is 1. The van der Waals surface area contributed by atoms with E-state index in [4.69, 9.17) is 4.74 Å². The predicted octanol–water partition coefficient (Wildman–Crippen LogP) is -0.0190. The summed E-state index contributed by atoms with van der Waals surface area (Å²) >= 11 is 0. The van der Waals surface area contributed by atoms with Crippen molar-refractivity contribution < 1.29 is 42.9 Å². The van der Waals surface area contributed by atoms with Crippen LogP contribution in [0.25, 0.3) is 10.9 Å². The SMILES string of the molecule is CN(C)C(=O)Oc1cccc2c1cc(C(=O)Nc1ccccc1)c[n+]2C.[I-]. The number of fused-ring (bicyclic) bond motifs is 1. The van der Waals surface area contributed by atoms with Gasteiger partial charge in [0, 0.05) is 25.8 Å². The quantitative estimate of drug-likeness (QED) is 0.427. The number of ether oxygens (including phenoxy) is 1. The zero-order valence-corrected chi connectivity index (χ0v) is 17.4. The second-order valence-electron chi connectivity index (χ2n) is 6.11. The maximum atomic E-state index is 12.6. The molecule has 0 saturated heterocycles. The van der Waals surface area contributed by atoms with E-state index in [0.29, 0.717) is 22.4 Å². The molecule has 0 unspecified atom stereocenters. The highest BCUT2D eigenvalue weighted by atomic mass is 127. The first kappa shape index (κ1) is 20.6. The van der Waals surface area contributed by atoms with Crippen molar-refractivity contribution in [1.29, 1.82) is 0 Å². The monoisotopic (exact) mass is 477 g/mol. The lowest BCUT2D eigenvalue weighted by atomic mass is 10.1. The van der Waals surface area contributed by atoms with Gasteiger partial charge in [-0.2, -0.15) is 0 Å². The number of carbonyl (C=O) groups is 2. The molecule has 2 amide bonds. The smallest absolute Gasteiger partial charge is 0.414 e. The van der Waals surface area contributed by atoms with Gasteiger partial charge in [-0.05, 0) is 24.3 Å². The Labute approximate surface area is 174 Å². The van der Waals surface area contributed by atoms with Gasteiger partial charge < -0.3 is 38.9 Å². The Hall–Kier alpha value is -2.68. The maximum Gasteiger partial charge on any atom is 0.414 e. The Morgan fingerprint density at radius 2 is 1.74 bits per heavy atom. The first-order valence-corrected chi connectivity index (χ1v) is 8.13. The lowest BCUT2D eigenvalue weighted by molar-refractivity contribution is -0.645. The summed E-state index contributed by atoms with van der Waals surface area (Å²) in [6, 6.07) is 16.4. The molecule has 0 radical (unpaired) electrons. The zero-order chi connectivity index (χ0) is 18.7. The summed E-state index contributed by atoms with van der Waals surface area (Å²) in [6.45, 7) is 0. The van der Waals surface area contributed by atoms with E-state index in [1.807, 2.05) is 54.1 Å². The number of carbonyl (C=O) groups excluding carboxylic acids is 2. The van der Waals surface area contributed by atoms with Crippen molar-refractivity contribution in [2.45, 2.75) is 0 Å². The van der Waals surface area contributed by atoms with Crippen molar-refractivity contribution in [2.75, 3.05) is 19.4 Å². The number of rotatable bonds is 3. The number of aromatic nitrogens is 1. The number of amides is 2. The van der Waals surface area contributed by atoms with E-state index in [2.05, 4.69) is 5.32 Å². The molecule has 1 heterocycles. The van der Waals surface area contributed by atoms with Crippen LogP contribution in [0.4, 0.5) is 10.5 Å². The maximum absolute atomic E-state index is 12.6. The molecule has 0 fully saturated rings. The Bertz CT molecular complexity index is 975. The molecule has 7 heteroatoms. The molecule has 27 heavy (non-hydrogen) atoms. The van der Waals surface area contributed by atoms with Crippen LogP contribution in [0.1, 0.15) is 10.4 Å². The van der Waals surface area contributed by atoms with E-state index in [1.165, 1.54) is 4.90 Å². The highest BCUT2D eigenvalue weighted by molar-refractivity contribution is 6.05. The van der Waals surface area contributed by atoms with Crippen molar-refractivity contribution in [3.05, 3.63) is 66.4 Å². The van der Waals surface area contributed by atoms with Gasteiger partial charge in [-0.15, -0.1) is 0 Å². The summed E-state index contributed by atoms with van der Waals surface area (Å²) in [5.41, 5.74) is 2.04. The molecule has 0 aliphatic heterocycles. The molecule has 1 N–H and O–H groups in total. The average Bonchev–Trinajstić information content (AvgIpc) is 2.63. The third-order valence-corrected chi connectivity index (χ3v) is 3.91. The highest BCUT2D eigenvalue weighted by Gasteiger charge is 2.18. The zero-order valence-electron chi connectivity index (χ0n) is 15.3. The first-order chi connectivity index (χ1) is 12.5. The summed E-state index contributed by atoms with van der Waals surface area (Å²) in [4.78, 5) is 25.9. The molecule has 0 spiro atoms. The number of aryl methyl sites for hydroxylation is 1. The minimum Gasteiger partial charge on any atom is -1.00 e. The van der Waals surface area contributed by atoms with E-state index in [1.54, 1.807) is 32.4 Å². The summed E-state index contributed by atoms with van der Waals surface area (Å²) in [7, 11) is 5.08. The van der Waals surface area contributed by atoms with E-state index in [-0.39, 0.29) is 29.9 Å². The summed E-state index contributed by atoms with van der Waals surface area (Å²) in [5, 5.41) is 3.55. The molecule has 3 aromatic rings. The van der Waals surface area contributed by atoms with Crippen molar-refractivity contribution in [2.24, 2.45) is 7.05 Å². The van der Waals surface area contributed by atoms with Gasteiger partial charge in [-0.1, -0.05) is 24.3 Å². The highest BCUT2D eigenvalue weighted by Crippen LogP contribution is 2.25. The Morgan fingerprint density at radius 3 is 2.41 bits per heavy atom. The predicted molar refractivity (Wildman–Crippen MR) is 99.2 cm³/mol. The number of nitrogens with one attached hydrogen (secondary N) is 1. The summed E-state index contributed by atoms with van der Waals surface area (Å²) < 4.78 is 7.27. The van der Waals surface area contributed by atoms with Crippen LogP contribution < -0.4 is 38.6 Å². The van der Waals surface area contributed by atoms with Crippen molar-refractivity contribution in [1.82, 2.24) is 4.90 Å². The van der Waals surface area contributed by atoms with Crippen LogP contribution in [0.3, 0.4) is 0 Å². The molecule has 0 aliphatic carbocycles. The molecule has 1 aromatic heterocycles. The lowest BCUT2D eigenvalue weighted by Gasteiger charge is -2.12. The lowest BCUT2D eigenvalue weighted by Crippen LogP contribution is -3.00. The van der Waals surface area contributed by atoms with E-state index >= 15 is 0 Å². The Morgan fingerprint density at radius 1 is 1.04 bits per heavy atom. The van der Waals surface area contributed by atoms with Gasteiger partial charge >= 0.3 is 6.09 Å². The van der Waals surface area contributed by atoms with Gasteiger partial charge in [0.2, 0.25) is 5.52 Å². The van der Waals surface area contributed by atoms with Crippen LogP contribution in [0, 0.1) is 0 Å². The fourth-order valence-electron chi connectivity index (χ4n) is 2.58. The van der Waals surface area contributed by atoms with Crippen LogP contribution in [-0.4, -0.2) is 31.0 Å². The number of benzene rings is 2. The molecule has 2 aromatic carbocycles. The normalized spacial score (nSPS) is 10.0. The fourth-order valence-corrected chi connectivity index (χ4v) is 2.58. The largest absolute Gasteiger partial charge is 1.00 e. The number of anilines is 1. The van der Waals surface area contributed by atoms with Gasteiger partial charge in [-0.25, -0.2) is 9.36 Å². The Balaban J connectivity index is 0.00000261. The molecule has 0 atom stereocenters. The molecular weight excluding hydrogens is 457 g/mol.